The zero-order valence-electron chi connectivity index (χ0n) is 7.20. The largest absolute Gasteiger partial charge is 0.354 e. The van der Waals surface area contributed by atoms with Crippen LogP contribution in [0.25, 0.3) is 0 Å². The highest BCUT2D eigenvalue weighted by Crippen LogP contribution is 1.75. The molecule has 6 nitrogen and oxygen atoms in total. The molecular formula is C6H11N3O3S. The SMILES string of the molecule is CS(=O)(=O)NCCNC(=O)CC#N. The Morgan fingerprint density at radius 2 is 2.08 bits per heavy atom. The Hall–Kier alpha value is -1.13. The molecule has 0 saturated heterocycles. The molecule has 7 heteroatoms. The van der Waals surface area contributed by atoms with Crippen molar-refractivity contribution in [2.24, 2.45) is 0 Å². The predicted octanol–water partition coefficient (Wildman–Crippen LogP) is -1.43. The van der Waals surface area contributed by atoms with Gasteiger partial charge >= 0.3 is 0 Å². The minimum absolute atomic E-state index is 0.135. The smallest absolute Gasteiger partial charge is 0.234 e. The molecule has 13 heavy (non-hydrogen) atoms. The second kappa shape index (κ2) is 5.50. The fourth-order valence-corrected chi connectivity index (χ4v) is 1.05. The summed E-state index contributed by atoms with van der Waals surface area (Å²) in [5.41, 5.74) is 0. The van der Waals surface area contributed by atoms with E-state index in [1.807, 2.05) is 0 Å². The summed E-state index contributed by atoms with van der Waals surface area (Å²) in [5, 5.41) is 10.5. The predicted molar refractivity (Wildman–Crippen MR) is 46.1 cm³/mol. The quantitative estimate of drug-likeness (QED) is 0.537. The molecule has 0 aliphatic carbocycles. The fraction of sp³-hybridized carbons (Fsp3) is 0.667. The number of nitrogens with one attached hydrogen (secondary N) is 2. The number of hydrogen-bond acceptors (Lipinski definition) is 4. The molecular weight excluding hydrogens is 194 g/mol. The van der Waals surface area contributed by atoms with Gasteiger partial charge in [0.1, 0.15) is 6.42 Å². The lowest BCUT2D eigenvalue weighted by molar-refractivity contribution is -0.120. The maximum absolute atomic E-state index is 10.7. The van der Waals surface area contributed by atoms with Gasteiger partial charge in [0.05, 0.1) is 12.3 Å². The van der Waals surface area contributed by atoms with Crippen molar-refractivity contribution in [1.29, 1.82) is 5.26 Å². The van der Waals surface area contributed by atoms with Crippen LogP contribution < -0.4 is 10.0 Å². The molecule has 0 bridgehead atoms. The van der Waals surface area contributed by atoms with Gasteiger partial charge in [-0.3, -0.25) is 4.79 Å². The summed E-state index contributed by atoms with van der Waals surface area (Å²) in [4.78, 5) is 10.7. The Balaban J connectivity index is 3.48. The lowest BCUT2D eigenvalue weighted by atomic mass is 10.4. The monoisotopic (exact) mass is 205 g/mol. The second-order valence-electron chi connectivity index (χ2n) is 2.35. The average molecular weight is 205 g/mol. The summed E-state index contributed by atoms with van der Waals surface area (Å²) >= 11 is 0. The van der Waals surface area contributed by atoms with E-state index in [-0.39, 0.29) is 19.5 Å². The van der Waals surface area contributed by atoms with Crippen molar-refractivity contribution in [2.45, 2.75) is 6.42 Å². The highest BCUT2D eigenvalue weighted by molar-refractivity contribution is 7.88. The van der Waals surface area contributed by atoms with Crippen molar-refractivity contribution in [1.82, 2.24) is 10.0 Å². The van der Waals surface area contributed by atoms with Crippen molar-refractivity contribution in [2.75, 3.05) is 19.3 Å². The standard InChI is InChI=1S/C6H11N3O3S/c1-13(11,12)9-5-4-8-6(10)2-3-7/h9H,2,4-5H2,1H3,(H,8,10). The number of sulfonamides is 1. The molecule has 74 valence electrons. The summed E-state index contributed by atoms with van der Waals surface area (Å²) in [5.74, 6) is -0.405. The number of amides is 1. The molecule has 0 aromatic heterocycles. The van der Waals surface area contributed by atoms with Gasteiger partial charge in [0, 0.05) is 13.1 Å². The Bertz CT molecular complexity index is 304. The summed E-state index contributed by atoms with van der Waals surface area (Å²) in [7, 11) is -3.20. The first-order valence-corrected chi connectivity index (χ1v) is 5.43. The summed E-state index contributed by atoms with van der Waals surface area (Å²) in [6, 6.07) is 1.67. The minimum Gasteiger partial charge on any atom is -0.354 e. The van der Waals surface area contributed by atoms with Gasteiger partial charge in [-0.1, -0.05) is 0 Å². The van der Waals surface area contributed by atoms with E-state index in [0.717, 1.165) is 6.26 Å². The van der Waals surface area contributed by atoms with Gasteiger partial charge in [-0.05, 0) is 0 Å². The van der Waals surface area contributed by atoms with Crippen LogP contribution in [0.15, 0.2) is 0 Å². The van der Waals surface area contributed by atoms with E-state index in [4.69, 9.17) is 5.26 Å². The Kier molecular flexibility index (Phi) is 5.03. The third-order valence-corrected chi connectivity index (χ3v) is 1.78. The van der Waals surface area contributed by atoms with Crippen LogP contribution in [0.1, 0.15) is 6.42 Å². The summed E-state index contributed by atoms with van der Waals surface area (Å²) in [6.07, 6.45) is 0.822. The Morgan fingerprint density at radius 3 is 2.54 bits per heavy atom. The van der Waals surface area contributed by atoms with E-state index in [0.29, 0.717) is 0 Å². The molecule has 0 aromatic rings. The van der Waals surface area contributed by atoms with Crippen LogP contribution in [0.4, 0.5) is 0 Å². The molecule has 0 aromatic carbocycles. The highest BCUT2D eigenvalue weighted by Gasteiger charge is 2.00. The molecule has 0 atom stereocenters. The second-order valence-corrected chi connectivity index (χ2v) is 4.18. The summed E-state index contributed by atoms with van der Waals surface area (Å²) < 4.78 is 23.2. The topological polar surface area (TPSA) is 99.1 Å². The van der Waals surface area contributed by atoms with Crippen molar-refractivity contribution < 1.29 is 13.2 Å². The van der Waals surface area contributed by atoms with Crippen molar-refractivity contribution >= 4 is 15.9 Å². The zero-order valence-corrected chi connectivity index (χ0v) is 8.02. The number of nitrogens with zero attached hydrogens (tertiary/aromatic N) is 1. The third-order valence-electron chi connectivity index (χ3n) is 1.05. The van der Waals surface area contributed by atoms with Crippen LogP contribution in [0, 0.1) is 11.3 Å². The third kappa shape index (κ3) is 8.78. The first-order chi connectivity index (χ1) is 5.95. The molecule has 0 radical (unpaired) electrons. The number of carbonyl (C=O) groups is 1. The first-order valence-electron chi connectivity index (χ1n) is 3.54. The molecule has 0 rings (SSSR count). The lowest BCUT2D eigenvalue weighted by Crippen LogP contribution is -2.33. The number of rotatable bonds is 5. The maximum Gasteiger partial charge on any atom is 0.234 e. The van der Waals surface area contributed by atoms with Crippen LogP contribution in [0.3, 0.4) is 0 Å². The number of nitriles is 1. The Morgan fingerprint density at radius 1 is 1.46 bits per heavy atom. The van der Waals surface area contributed by atoms with E-state index >= 15 is 0 Å². The van der Waals surface area contributed by atoms with Crippen LogP contribution in [0.5, 0.6) is 0 Å². The molecule has 0 fully saturated rings. The van der Waals surface area contributed by atoms with Gasteiger partial charge < -0.3 is 5.32 Å². The van der Waals surface area contributed by atoms with Crippen LogP contribution in [0.2, 0.25) is 0 Å². The van der Waals surface area contributed by atoms with Crippen molar-refractivity contribution in [3.8, 4) is 6.07 Å². The normalized spacial score (nSPS) is 10.5. The molecule has 0 unspecified atom stereocenters. The molecule has 0 spiro atoms. The van der Waals surface area contributed by atoms with Crippen LogP contribution in [-0.4, -0.2) is 33.7 Å². The maximum atomic E-state index is 10.7. The van der Waals surface area contributed by atoms with Crippen LogP contribution in [-0.2, 0) is 14.8 Å². The average Bonchev–Trinajstić information content (AvgIpc) is 1.97. The van der Waals surface area contributed by atoms with E-state index in [9.17, 15) is 13.2 Å². The van der Waals surface area contributed by atoms with E-state index in [1.165, 1.54) is 0 Å². The molecule has 0 aliphatic rings. The van der Waals surface area contributed by atoms with Crippen molar-refractivity contribution in [3.63, 3.8) is 0 Å². The van der Waals surface area contributed by atoms with Gasteiger partial charge in [-0.15, -0.1) is 0 Å². The van der Waals surface area contributed by atoms with Gasteiger partial charge in [-0.2, -0.15) is 5.26 Å². The van der Waals surface area contributed by atoms with Gasteiger partial charge in [-0.25, -0.2) is 13.1 Å². The molecule has 2 N–H and O–H groups in total. The minimum atomic E-state index is -3.20. The van der Waals surface area contributed by atoms with Gasteiger partial charge in [0.25, 0.3) is 0 Å². The van der Waals surface area contributed by atoms with Gasteiger partial charge in [0.2, 0.25) is 15.9 Å². The lowest BCUT2D eigenvalue weighted by Gasteiger charge is -2.02. The van der Waals surface area contributed by atoms with Crippen LogP contribution >= 0.6 is 0 Å². The highest BCUT2D eigenvalue weighted by atomic mass is 32.2. The molecule has 0 aliphatic heterocycles. The zero-order chi connectivity index (χ0) is 10.3. The Labute approximate surface area is 77.0 Å². The number of hydrogen-bond donors (Lipinski definition) is 2. The number of carbonyl (C=O) groups excluding carboxylic acids is 1. The fourth-order valence-electron chi connectivity index (χ4n) is 0.573. The van der Waals surface area contributed by atoms with E-state index in [1.54, 1.807) is 6.07 Å². The van der Waals surface area contributed by atoms with Crippen molar-refractivity contribution in [3.05, 3.63) is 0 Å². The van der Waals surface area contributed by atoms with E-state index in [2.05, 4.69) is 10.0 Å². The molecule has 0 saturated carbocycles. The van der Waals surface area contributed by atoms with Gasteiger partial charge in [0.15, 0.2) is 0 Å². The summed E-state index contributed by atoms with van der Waals surface area (Å²) in [6.45, 7) is 0.323. The first kappa shape index (κ1) is 11.9. The molecule has 0 heterocycles. The molecule has 1 amide bonds. The van der Waals surface area contributed by atoms with E-state index < -0.39 is 15.9 Å².